The molecule has 0 saturated carbocycles. The maximum absolute atomic E-state index is 14.5. The second kappa shape index (κ2) is 8.88. The molecule has 1 aromatic heterocycles. The van der Waals surface area contributed by atoms with Gasteiger partial charge >= 0.3 is 0 Å². The van der Waals surface area contributed by atoms with Gasteiger partial charge in [0.1, 0.15) is 11.6 Å². The number of fused-ring (bicyclic) bond motifs is 1. The SMILES string of the molecule is COc1ccc(C(=O)CSc2nc3ccccc3c(=O)n2-c2ccc(F)cc2F)cc1F. The Morgan fingerprint density at radius 3 is 2.53 bits per heavy atom. The number of nitrogens with zero attached hydrogens (tertiary/aromatic N) is 2. The van der Waals surface area contributed by atoms with Crippen LogP contribution in [0.25, 0.3) is 16.6 Å². The highest BCUT2D eigenvalue weighted by Crippen LogP contribution is 2.25. The Balaban J connectivity index is 1.75. The molecular weight excluding hydrogens is 441 g/mol. The predicted molar refractivity (Wildman–Crippen MR) is 115 cm³/mol. The Morgan fingerprint density at radius 1 is 1.03 bits per heavy atom. The average Bonchev–Trinajstić information content (AvgIpc) is 2.78. The molecule has 4 aromatic rings. The first kappa shape index (κ1) is 21.6. The first-order chi connectivity index (χ1) is 15.4. The molecule has 32 heavy (non-hydrogen) atoms. The van der Waals surface area contributed by atoms with Crippen molar-refractivity contribution in [2.75, 3.05) is 12.9 Å². The number of carbonyl (C=O) groups is 1. The molecule has 0 aliphatic carbocycles. The summed E-state index contributed by atoms with van der Waals surface area (Å²) < 4.78 is 47.7. The number of halogens is 3. The molecule has 162 valence electrons. The van der Waals surface area contributed by atoms with Crippen LogP contribution in [-0.2, 0) is 0 Å². The molecule has 3 aromatic carbocycles. The summed E-state index contributed by atoms with van der Waals surface area (Å²) in [6, 6.07) is 13.1. The quantitative estimate of drug-likeness (QED) is 0.237. The third-order valence-electron chi connectivity index (χ3n) is 4.70. The number of para-hydroxylation sites is 1. The van der Waals surface area contributed by atoms with Crippen LogP contribution in [0.4, 0.5) is 13.2 Å². The highest BCUT2D eigenvalue weighted by molar-refractivity contribution is 7.99. The van der Waals surface area contributed by atoms with E-state index in [0.29, 0.717) is 11.6 Å². The number of ketones is 1. The van der Waals surface area contributed by atoms with E-state index in [2.05, 4.69) is 4.98 Å². The molecule has 0 atom stereocenters. The monoisotopic (exact) mass is 456 g/mol. The van der Waals surface area contributed by atoms with Crippen molar-refractivity contribution >= 4 is 28.4 Å². The molecule has 0 aliphatic heterocycles. The van der Waals surface area contributed by atoms with Gasteiger partial charge < -0.3 is 4.74 Å². The second-order valence-electron chi connectivity index (χ2n) is 6.71. The lowest BCUT2D eigenvalue weighted by molar-refractivity contribution is 0.102. The molecular formula is C23H15F3N2O3S. The molecule has 0 unspecified atom stereocenters. The predicted octanol–water partition coefficient (Wildman–Crippen LogP) is 4.79. The van der Waals surface area contributed by atoms with Gasteiger partial charge in [0.15, 0.2) is 22.5 Å². The summed E-state index contributed by atoms with van der Waals surface area (Å²) in [5.41, 5.74) is -0.285. The third kappa shape index (κ3) is 4.11. The third-order valence-corrected chi connectivity index (χ3v) is 5.64. The summed E-state index contributed by atoms with van der Waals surface area (Å²) in [5.74, 6) is -3.04. The molecule has 0 radical (unpaired) electrons. The van der Waals surface area contributed by atoms with Gasteiger partial charge in [-0.15, -0.1) is 0 Å². The van der Waals surface area contributed by atoms with Crippen molar-refractivity contribution in [3.05, 3.63) is 94.0 Å². The van der Waals surface area contributed by atoms with Gasteiger partial charge in [0.05, 0.1) is 29.5 Å². The summed E-state index contributed by atoms with van der Waals surface area (Å²) in [7, 11) is 1.31. The Labute approximate surface area is 184 Å². The zero-order chi connectivity index (χ0) is 22.8. The van der Waals surface area contributed by atoms with Crippen molar-refractivity contribution in [1.82, 2.24) is 9.55 Å². The van der Waals surface area contributed by atoms with E-state index in [1.807, 2.05) is 0 Å². The van der Waals surface area contributed by atoms with Gasteiger partial charge in [-0.2, -0.15) is 0 Å². The zero-order valence-electron chi connectivity index (χ0n) is 16.6. The number of benzene rings is 3. The Hall–Kier alpha value is -3.59. The lowest BCUT2D eigenvalue weighted by atomic mass is 10.1. The van der Waals surface area contributed by atoms with Crippen molar-refractivity contribution < 1.29 is 22.7 Å². The van der Waals surface area contributed by atoms with Crippen LogP contribution in [0, 0.1) is 17.5 Å². The molecule has 4 rings (SSSR count). The van der Waals surface area contributed by atoms with Crippen LogP contribution in [0.1, 0.15) is 10.4 Å². The minimum Gasteiger partial charge on any atom is -0.494 e. The van der Waals surface area contributed by atoms with Crippen molar-refractivity contribution in [3.63, 3.8) is 0 Å². The molecule has 9 heteroatoms. The first-order valence-electron chi connectivity index (χ1n) is 9.36. The molecule has 0 bridgehead atoms. The second-order valence-corrected chi connectivity index (χ2v) is 7.65. The summed E-state index contributed by atoms with van der Waals surface area (Å²) in [6.45, 7) is 0. The minimum atomic E-state index is -0.949. The maximum Gasteiger partial charge on any atom is 0.266 e. The lowest BCUT2D eigenvalue weighted by Gasteiger charge is -2.14. The number of methoxy groups -OCH3 is 1. The van der Waals surface area contributed by atoms with Crippen LogP contribution < -0.4 is 10.3 Å². The number of Topliss-reactive ketones (excluding diaryl/α,β-unsaturated/α-hetero) is 1. The van der Waals surface area contributed by atoms with Gasteiger partial charge in [-0.3, -0.25) is 14.2 Å². The van der Waals surface area contributed by atoms with Crippen molar-refractivity contribution in [2.24, 2.45) is 0 Å². The number of rotatable bonds is 6. The fraction of sp³-hybridized carbons (Fsp3) is 0.0870. The van der Waals surface area contributed by atoms with Crippen LogP contribution in [0.5, 0.6) is 5.75 Å². The molecule has 0 saturated heterocycles. The van der Waals surface area contributed by atoms with Crippen LogP contribution >= 0.6 is 11.8 Å². The summed E-state index contributed by atoms with van der Waals surface area (Å²) in [6.07, 6.45) is 0. The Kier molecular flexibility index (Phi) is 6.00. The molecule has 0 N–H and O–H groups in total. The average molecular weight is 456 g/mol. The highest BCUT2D eigenvalue weighted by Gasteiger charge is 2.18. The normalized spacial score (nSPS) is 11.0. The molecule has 1 heterocycles. The van der Waals surface area contributed by atoms with Gasteiger partial charge in [-0.25, -0.2) is 18.2 Å². The molecule has 0 amide bonds. The summed E-state index contributed by atoms with van der Waals surface area (Å²) in [4.78, 5) is 30.1. The van der Waals surface area contributed by atoms with Gasteiger partial charge in [-0.1, -0.05) is 23.9 Å². The maximum atomic E-state index is 14.5. The van der Waals surface area contributed by atoms with E-state index in [-0.39, 0.29) is 33.3 Å². The Morgan fingerprint density at radius 2 is 1.81 bits per heavy atom. The van der Waals surface area contributed by atoms with E-state index in [9.17, 15) is 22.8 Å². The highest BCUT2D eigenvalue weighted by atomic mass is 32.2. The largest absolute Gasteiger partial charge is 0.494 e. The van der Waals surface area contributed by atoms with Crippen molar-refractivity contribution in [1.29, 1.82) is 0 Å². The fourth-order valence-electron chi connectivity index (χ4n) is 3.14. The van der Waals surface area contributed by atoms with Crippen molar-refractivity contribution in [3.8, 4) is 11.4 Å². The van der Waals surface area contributed by atoms with Gasteiger partial charge in [0.25, 0.3) is 5.56 Å². The van der Waals surface area contributed by atoms with Crippen molar-refractivity contribution in [2.45, 2.75) is 5.16 Å². The number of thioether (sulfide) groups is 1. The van der Waals surface area contributed by atoms with Crippen LogP contribution in [-0.4, -0.2) is 28.2 Å². The summed E-state index contributed by atoms with van der Waals surface area (Å²) in [5, 5.41) is 0.283. The van der Waals surface area contributed by atoms with Gasteiger partial charge in [-0.05, 0) is 42.5 Å². The summed E-state index contributed by atoms with van der Waals surface area (Å²) >= 11 is 0.891. The minimum absolute atomic E-state index is 0.00558. The van der Waals surface area contributed by atoms with E-state index >= 15 is 0 Å². The number of ether oxygens (including phenoxy) is 1. The number of hydrogen-bond acceptors (Lipinski definition) is 5. The lowest BCUT2D eigenvalue weighted by Crippen LogP contribution is -2.23. The zero-order valence-corrected chi connectivity index (χ0v) is 17.5. The van der Waals surface area contributed by atoms with Gasteiger partial charge in [0, 0.05) is 11.6 Å². The van der Waals surface area contributed by atoms with Crippen LogP contribution in [0.3, 0.4) is 0 Å². The van der Waals surface area contributed by atoms with E-state index in [1.54, 1.807) is 24.3 Å². The van der Waals surface area contributed by atoms with E-state index in [1.165, 1.54) is 19.2 Å². The van der Waals surface area contributed by atoms with E-state index in [4.69, 9.17) is 4.74 Å². The number of hydrogen-bond donors (Lipinski definition) is 0. The molecule has 0 fully saturated rings. The Bertz CT molecular complexity index is 1410. The first-order valence-corrected chi connectivity index (χ1v) is 10.3. The van der Waals surface area contributed by atoms with E-state index in [0.717, 1.165) is 34.5 Å². The molecule has 5 nitrogen and oxygen atoms in total. The number of carbonyl (C=O) groups excluding carboxylic acids is 1. The molecule has 0 aliphatic rings. The van der Waals surface area contributed by atoms with Gasteiger partial charge in [0.2, 0.25) is 0 Å². The fourth-order valence-corrected chi connectivity index (χ4v) is 4.04. The molecule has 0 spiro atoms. The standard InChI is InChI=1S/C23H15F3N2O3S/c1-31-21-9-6-13(10-17(21)26)20(29)12-32-23-27-18-5-3-2-4-15(18)22(30)28(23)19-8-7-14(24)11-16(19)25/h2-11H,12H2,1H3. The van der Waals surface area contributed by atoms with E-state index < -0.39 is 28.8 Å². The smallest absolute Gasteiger partial charge is 0.266 e. The van der Waals surface area contributed by atoms with Crippen LogP contribution in [0.15, 0.2) is 70.6 Å². The topological polar surface area (TPSA) is 61.2 Å². The van der Waals surface area contributed by atoms with Crippen LogP contribution in [0.2, 0.25) is 0 Å². The number of aromatic nitrogens is 2.